The van der Waals surface area contributed by atoms with Crippen LogP contribution in [-0.4, -0.2) is 60.4 Å². The number of carbonyl (C=O) groups excluding carboxylic acids is 2. The molecule has 1 aromatic rings. The molecule has 4 aliphatic rings. The lowest BCUT2D eigenvalue weighted by Crippen LogP contribution is -2.60. The third-order valence-electron chi connectivity index (χ3n) is 6.42. The van der Waals surface area contributed by atoms with Crippen LogP contribution in [0.5, 0.6) is 5.75 Å². The second kappa shape index (κ2) is 6.91. The van der Waals surface area contributed by atoms with Gasteiger partial charge in [-0.15, -0.1) is 0 Å². The van der Waals surface area contributed by atoms with Crippen molar-refractivity contribution in [2.24, 2.45) is 11.7 Å². The Labute approximate surface area is 154 Å². The number of benzene rings is 1. The molecule has 4 saturated heterocycles. The molecule has 0 aliphatic carbocycles. The van der Waals surface area contributed by atoms with Crippen LogP contribution in [0.2, 0.25) is 0 Å². The predicted molar refractivity (Wildman–Crippen MR) is 97.7 cm³/mol. The maximum Gasteiger partial charge on any atom is 0.223 e. The summed E-state index contributed by atoms with van der Waals surface area (Å²) in [6, 6.07) is 8.85. The number of nitrogens with two attached hydrogens (primary N) is 1. The first-order chi connectivity index (χ1) is 12.6. The molecule has 6 nitrogen and oxygen atoms in total. The van der Waals surface area contributed by atoms with E-state index in [9.17, 15) is 9.59 Å². The number of hydrogen-bond donors (Lipinski definition) is 1. The van der Waals surface area contributed by atoms with E-state index in [0.717, 1.165) is 31.7 Å². The quantitative estimate of drug-likeness (QED) is 0.863. The number of primary amides is 1. The number of likely N-dealkylation sites (tertiary alicyclic amines) is 1. The lowest BCUT2D eigenvalue weighted by molar-refractivity contribution is -0.137. The first kappa shape index (κ1) is 17.3. The summed E-state index contributed by atoms with van der Waals surface area (Å²) >= 11 is 0. The molecule has 0 unspecified atom stereocenters. The third-order valence-corrected chi connectivity index (χ3v) is 6.42. The maximum atomic E-state index is 12.9. The van der Waals surface area contributed by atoms with Gasteiger partial charge in [0.25, 0.3) is 0 Å². The highest BCUT2D eigenvalue weighted by molar-refractivity contribution is 5.83. The van der Waals surface area contributed by atoms with Gasteiger partial charge in [-0.2, -0.15) is 0 Å². The number of hydrogen-bond acceptors (Lipinski definition) is 4. The van der Waals surface area contributed by atoms with Crippen LogP contribution in [-0.2, 0) is 9.59 Å². The molecule has 4 heterocycles. The number of fused-ring (bicyclic) bond motifs is 2. The molecule has 2 N–H and O–H groups in total. The summed E-state index contributed by atoms with van der Waals surface area (Å²) < 4.78 is 5.41. The van der Waals surface area contributed by atoms with E-state index in [0.29, 0.717) is 18.5 Å². The van der Waals surface area contributed by atoms with E-state index in [1.54, 1.807) is 7.11 Å². The number of methoxy groups -OCH3 is 1. The van der Waals surface area contributed by atoms with E-state index in [4.69, 9.17) is 10.5 Å². The summed E-state index contributed by atoms with van der Waals surface area (Å²) in [4.78, 5) is 28.6. The highest BCUT2D eigenvalue weighted by Crippen LogP contribution is 2.47. The van der Waals surface area contributed by atoms with Crippen molar-refractivity contribution in [3.63, 3.8) is 0 Å². The Morgan fingerprint density at radius 1 is 1.19 bits per heavy atom. The van der Waals surface area contributed by atoms with Crippen LogP contribution < -0.4 is 10.5 Å². The smallest absolute Gasteiger partial charge is 0.223 e. The molecular weight excluding hydrogens is 330 g/mol. The molecule has 1 aromatic carbocycles. The van der Waals surface area contributed by atoms with Gasteiger partial charge in [0, 0.05) is 31.3 Å². The van der Waals surface area contributed by atoms with E-state index in [1.165, 1.54) is 5.56 Å². The molecule has 3 atom stereocenters. The average molecular weight is 357 g/mol. The largest absolute Gasteiger partial charge is 0.497 e. The Morgan fingerprint density at radius 3 is 2.65 bits per heavy atom. The van der Waals surface area contributed by atoms with Gasteiger partial charge in [0.2, 0.25) is 11.8 Å². The number of ether oxygens (including phenoxy) is 1. The van der Waals surface area contributed by atoms with Crippen molar-refractivity contribution in [3.05, 3.63) is 29.8 Å². The lowest BCUT2D eigenvalue weighted by atomic mass is 9.75. The average Bonchev–Trinajstić information content (AvgIpc) is 3.10. The van der Waals surface area contributed by atoms with Gasteiger partial charge < -0.3 is 15.4 Å². The predicted octanol–water partition coefficient (Wildman–Crippen LogP) is 1.35. The summed E-state index contributed by atoms with van der Waals surface area (Å²) in [7, 11) is 1.68. The topological polar surface area (TPSA) is 75.9 Å². The Kier molecular flexibility index (Phi) is 4.61. The molecular formula is C20H27N3O3. The Balaban J connectivity index is 1.63. The molecule has 4 fully saturated rings. The first-order valence-electron chi connectivity index (χ1n) is 9.54. The van der Waals surface area contributed by atoms with Gasteiger partial charge in [0.15, 0.2) is 0 Å². The molecule has 2 amide bonds. The lowest BCUT2D eigenvalue weighted by Gasteiger charge is -2.51. The number of rotatable bonds is 5. The second-order valence-corrected chi connectivity index (χ2v) is 7.75. The van der Waals surface area contributed by atoms with Crippen molar-refractivity contribution in [1.29, 1.82) is 0 Å². The Morgan fingerprint density at radius 2 is 1.96 bits per heavy atom. The molecule has 26 heavy (non-hydrogen) atoms. The van der Waals surface area contributed by atoms with Crippen LogP contribution in [0.3, 0.4) is 0 Å². The minimum Gasteiger partial charge on any atom is -0.497 e. The van der Waals surface area contributed by atoms with E-state index in [2.05, 4.69) is 17.0 Å². The first-order valence-corrected chi connectivity index (χ1v) is 9.54. The second-order valence-electron chi connectivity index (χ2n) is 7.75. The number of nitrogens with zero attached hydrogens (tertiary/aromatic N) is 2. The van der Waals surface area contributed by atoms with Crippen LogP contribution in [0.25, 0.3) is 0 Å². The zero-order valence-electron chi connectivity index (χ0n) is 15.3. The molecule has 5 rings (SSSR count). The van der Waals surface area contributed by atoms with Gasteiger partial charge in [-0.3, -0.25) is 14.5 Å². The van der Waals surface area contributed by atoms with Crippen molar-refractivity contribution < 1.29 is 14.3 Å². The fourth-order valence-electron chi connectivity index (χ4n) is 5.24. The van der Waals surface area contributed by atoms with Gasteiger partial charge in [-0.25, -0.2) is 0 Å². The molecule has 0 aromatic heterocycles. The highest BCUT2D eigenvalue weighted by atomic mass is 16.5. The molecule has 0 spiro atoms. The summed E-state index contributed by atoms with van der Waals surface area (Å²) in [5.41, 5.74) is 6.48. The molecule has 0 saturated carbocycles. The maximum absolute atomic E-state index is 12.9. The minimum absolute atomic E-state index is 0.0675. The van der Waals surface area contributed by atoms with Gasteiger partial charge in [-0.1, -0.05) is 12.1 Å². The van der Waals surface area contributed by atoms with Crippen molar-refractivity contribution in [1.82, 2.24) is 9.80 Å². The molecule has 4 aliphatic heterocycles. The fourth-order valence-corrected chi connectivity index (χ4v) is 5.24. The van der Waals surface area contributed by atoms with Crippen molar-refractivity contribution in [3.8, 4) is 5.75 Å². The molecule has 140 valence electrons. The number of carbonyl (C=O) groups is 2. The number of amides is 2. The van der Waals surface area contributed by atoms with Crippen molar-refractivity contribution in [2.45, 2.75) is 43.7 Å². The van der Waals surface area contributed by atoms with E-state index in [1.807, 2.05) is 17.0 Å². The minimum atomic E-state index is -0.410. The monoisotopic (exact) mass is 357 g/mol. The summed E-state index contributed by atoms with van der Waals surface area (Å²) in [6.07, 6.45) is 2.66. The van der Waals surface area contributed by atoms with Crippen LogP contribution >= 0.6 is 0 Å². The highest BCUT2D eigenvalue weighted by Gasteiger charge is 2.54. The molecule has 2 bridgehead atoms. The standard InChI is InChI=1S/C20H27N3O3/c1-26-15-4-2-3-14(11-15)16-12-23(18(25)6-5-17(21)24)19-13-7-9-22(10-8-13)20(16)19/h2-4,11,13,16,19-20H,5-10,12H2,1H3,(H2,21,24)/t16-,19-,20-/m0/s1. The van der Waals surface area contributed by atoms with Gasteiger partial charge in [0.1, 0.15) is 5.75 Å². The number of piperidine rings is 3. The summed E-state index contributed by atoms with van der Waals surface area (Å²) in [5, 5.41) is 0. The zero-order valence-corrected chi connectivity index (χ0v) is 15.3. The third kappa shape index (κ3) is 2.96. The SMILES string of the molecule is COc1cccc([C@@H]2CN(C(=O)CCC(N)=O)[C@H]3C4CCN(CC4)[C@@H]23)c1. The van der Waals surface area contributed by atoms with Crippen LogP contribution in [0.15, 0.2) is 24.3 Å². The van der Waals surface area contributed by atoms with Gasteiger partial charge in [-0.05, 0) is 49.5 Å². The van der Waals surface area contributed by atoms with E-state index in [-0.39, 0.29) is 30.7 Å². The normalized spacial score (nSPS) is 32.3. The van der Waals surface area contributed by atoms with Gasteiger partial charge >= 0.3 is 0 Å². The van der Waals surface area contributed by atoms with Crippen molar-refractivity contribution >= 4 is 11.8 Å². The van der Waals surface area contributed by atoms with E-state index < -0.39 is 5.91 Å². The summed E-state index contributed by atoms with van der Waals surface area (Å²) in [6.45, 7) is 2.96. The Hall–Kier alpha value is -2.08. The Bertz CT molecular complexity index is 699. The van der Waals surface area contributed by atoms with E-state index >= 15 is 0 Å². The van der Waals surface area contributed by atoms with Crippen LogP contribution in [0.4, 0.5) is 0 Å². The fraction of sp³-hybridized carbons (Fsp3) is 0.600. The zero-order chi connectivity index (χ0) is 18.3. The summed E-state index contributed by atoms with van der Waals surface area (Å²) in [5.74, 6) is 1.37. The molecule has 6 heteroatoms. The van der Waals surface area contributed by atoms with Crippen molar-refractivity contribution in [2.75, 3.05) is 26.7 Å². The van der Waals surface area contributed by atoms with Crippen LogP contribution in [0, 0.1) is 5.92 Å². The van der Waals surface area contributed by atoms with Gasteiger partial charge in [0.05, 0.1) is 13.2 Å². The molecule has 0 radical (unpaired) electrons. The van der Waals surface area contributed by atoms with Crippen LogP contribution in [0.1, 0.15) is 37.2 Å².